The van der Waals surface area contributed by atoms with E-state index in [0.717, 1.165) is 27.3 Å². The first-order valence-corrected chi connectivity index (χ1v) is 8.84. The lowest BCUT2D eigenvalue weighted by Crippen LogP contribution is -2.07. The first-order chi connectivity index (χ1) is 13.2. The summed E-state index contributed by atoms with van der Waals surface area (Å²) >= 11 is 0. The van der Waals surface area contributed by atoms with Crippen LogP contribution in [0.1, 0.15) is 22.8 Å². The van der Waals surface area contributed by atoms with Crippen LogP contribution in [0.2, 0.25) is 0 Å². The summed E-state index contributed by atoms with van der Waals surface area (Å²) in [4.78, 5) is 12.5. The molecule has 130 valence electrons. The number of esters is 1. The zero-order chi connectivity index (χ0) is 18.8. The molecule has 0 saturated carbocycles. The number of hydrogen-bond acceptors (Lipinski definition) is 3. The molecule has 0 fully saturated rings. The molecule has 4 aromatic rings. The third-order valence-electron chi connectivity index (χ3n) is 4.68. The second-order valence-electron chi connectivity index (χ2n) is 6.32. The Morgan fingerprint density at radius 2 is 1.63 bits per heavy atom. The average molecular weight is 351 g/mol. The molecule has 0 aliphatic carbocycles. The van der Waals surface area contributed by atoms with Crippen LogP contribution in [0.4, 0.5) is 0 Å². The lowest BCUT2D eigenvalue weighted by atomic mass is 9.92. The van der Waals surface area contributed by atoms with Gasteiger partial charge in [0.25, 0.3) is 0 Å². The summed E-state index contributed by atoms with van der Waals surface area (Å²) in [5.41, 5.74) is 2.57. The topological polar surface area (TPSA) is 50.1 Å². The molecule has 0 aliphatic rings. The molecule has 3 nitrogen and oxygen atoms in total. The Labute approximate surface area is 157 Å². The fourth-order valence-corrected chi connectivity index (χ4v) is 3.43. The number of nitrogens with zero attached hydrogens (tertiary/aromatic N) is 1. The maximum absolute atomic E-state index is 12.5. The van der Waals surface area contributed by atoms with Crippen LogP contribution in [0, 0.1) is 11.3 Å². The maximum atomic E-state index is 12.5. The van der Waals surface area contributed by atoms with Crippen LogP contribution >= 0.6 is 0 Å². The summed E-state index contributed by atoms with van der Waals surface area (Å²) in [6.07, 6.45) is 0. The van der Waals surface area contributed by atoms with Crippen molar-refractivity contribution >= 4 is 27.5 Å². The molecule has 0 atom stereocenters. The lowest BCUT2D eigenvalue weighted by molar-refractivity contribution is 0.0527. The van der Waals surface area contributed by atoms with E-state index < -0.39 is 5.97 Å². The zero-order valence-corrected chi connectivity index (χ0v) is 14.9. The largest absolute Gasteiger partial charge is 0.462 e. The van der Waals surface area contributed by atoms with Gasteiger partial charge in [-0.05, 0) is 63.9 Å². The van der Waals surface area contributed by atoms with Crippen LogP contribution in [0.25, 0.3) is 32.7 Å². The number of fused-ring (bicyclic) bond motifs is 2. The van der Waals surface area contributed by atoms with Crippen molar-refractivity contribution in [2.45, 2.75) is 6.92 Å². The molecule has 4 aromatic carbocycles. The van der Waals surface area contributed by atoms with Crippen LogP contribution in [-0.2, 0) is 4.74 Å². The summed E-state index contributed by atoms with van der Waals surface area (Å²) in [7, 11) is 0. The maximum Gasteiger partial charge on any atom is 0.338 e. The van der Waals surface area contributed by atoms with Crippen molar-refractivity contribution < 1.29 is 9.53 Å². The predicted octanol–water partition coefficient (Wildman–Crippen LogP) is 5.71. The highest BCUT2D eigenvalue weighted by Gasteiger charge is 2.17. The minimum atomic E-state index is -0.414. The smallest absolute Gasteiger partial charge is 0.338 e. The molecule has 0 bridgehead atoms. The Balaban J connectivity index is 2.01. The highest BCUT2D eigenvalue weighted by Crippen LogP contribution is 2.34. The Morgan fingerprint density at radius 1 is 0.889 bits per heavy atom. The van der Waals surface area contributed by atoms with Gasteiger partial charge in [-0.25, -0.2) is 4.79 Å². The molecule has 27 heavy (non-hydrogen) atoms. The Hall–Kier alpha value is -3.64. The molecule has 0 aliphatic heterocycles. The Bertz CT molecular complexity index is 1220. The van der Waals surface area contributed by atoms with E-state index in [0.29, 0.717) is 11.1 Å². The summed E-state index contributed by atoms with van der Waals surface area (Å²) in [5, 5.41) is 13.7. The van der Waals surface area contributed by atoms with Crippen LogP contribution in [0.5, 0.6) is 0 Å². The number of carbonyl (C=O) groups excluding carboxylic acids is 1. The number of nitriles is 1. The van der Waals surface area contributed by atoms with Gasteiger partial charge in [0.1, 0.15) is 0 Å². The van der Waals surface area contributed by atoms with Crippen LogP contribution in [0.15, 0.2) is 72.8 Å². The molecule has 0 amide bonds. The predicted molar refractivity (Wildman–Crippen MR) is 108 cm³/mol. The summed E-state index contributed by atoms with van der Waals surface area (Å²) < 4.78 is 5.22. The highest BCUT2D eigenvalue weighted by atomic mass is 16.5. The van der Waals surface area contributed by atoms with Crippen LogP contribution < -0.4 is 0 Å². The van der Waals surface area contributed by atoms with Gasteiger partial charge in [0, 0.05) is 0 Å². The monoisotopic (exact) mass is 351 g/mol. The van der Waals surface area contributed by atoms with Gasteiger partial charge in [0.05, 0.1) is 23.8 Å². The van der Waals surface area contributed by atoms with Gasteiger partial charge < -0.3 is 4.74 Å². The van der Waals surface area contributed by atoms with Gasteiger partial charge in [-0.3, -0.25) is 0 Å². The summed E-state index contributed by atoms with van der Waals surface area (Å²) in [6.45, 7) is 2.06. The zero-order valence-electron chi connectivity index (χ0n) is 14.9. The van der Waals surface area contributed by atoms with Crippen molar-refractivity contribution in [2.75, 3.05) is 6.61 Å². The second kappa shape index (κ2) is 6.93. The molecule has 0 radical (unpaired) electrons. The van der Waals surface area contributed by atoms with Gasteiger partial charge in [0.2, 0.25) is 0 Å². The number of hydrogen-bond donors (Lipinski definition) is 0. The van der Waals surface area contributed by atoms with Crippen LogP contribution in [-0.4, -0.2) is 12.6 Å². The second-order valence-corrected chi connectivity index (χ2v) is 6.32. The number of rotatable bonds is 3. The molecule has 0 spiro atoms. The molecule has 0 saturated heterocycles. The Morgan fingerprint density at radius 3 is 2.37 bits per heavy atom. The summed E-state index contributed by atoms with van der Waals surface area (Å²) in [5.74, 6) is -0.414. The molecule has 4 rings (SSSR count). The third kappa shape index (κ3) is 3.02. The molecule has 0 unspecified atom stereocenters. The molecular formula is C24H17NO2. The van der Waals surface area contributed by atoms with Crippen molar-refractivity contribution in [3.63, 3.8) is 0 Å². The van der Waals surface area contributed by atoms with Gasteiger partial charge in [-0.2, -0.15) is 5.26 Å². The van der Waals surface area contributed by atoms with Crippen molar-refractivity contribution in [3.05, 3.63) is 83.9 Å². The molecule has 3 heteroatoms. The SMILES string of the molecule is CCOC(=O)c1cc(C#N)ccc1-c1cccc2cc3ccccc3cc12. The molecular weight excluding hydrogens is 334 g/mol. The Kier molecular flexibility index (Phi) is 4.32. The van der Waals surface area contributed by atoms with Crippen molar-refractivity contribution in [3.8, 4) is 17.2 Å². The number of benzene rings is 4. The van der Waals surface area contributed by atoms with E-state index in [-0.39, 0.29) is 6.61 Å². The van der Waals surface area contributed by atoms with E-state index in [2.05, 4.69) is 36.4 Å². The standard InChI is InChI=1S/C24H17NO2/c1-2-27-24(26)23-12-16(15-25)10-11-21(23)20-9-5-8-19-13-17-6-3-4-7-18(17)14-22(19)20/h3-14H,2H2,1H3. The van der Waals surface area contributed by atoms with E-state index in [9.17, 15) is 10.1 Å². The first-order valence-electron chi connectivity index (χ1n) is 8.84. The van der Waals surface area contributed by atoms with Crippen LogP contribution in [0.3, 0.4) is 0 Å². The van der Waals surface area contributed by atoms with E-state index in [1.54, 1.807) is 19.1 Å². The van der Waals surface area contributed by atoms with Gasteiger partial charge >= 0.3 is 5.97 Å². The average Bonchev–Trinajstić information content (AvgIpc) is 2.71. The highest BCUT2D eigenvalue weighted by molar-refractivity contribution is 6.08. The minimum Gasteiger partial charge on any atom is -0.462 e. The lowest BCUT2D eigenvalue weighted by Gasteiger charge is -2.13. The van der Waals surface area contributed by atoms with Gasteiger partial charge in [0.15, 0.2) is 0 Å². The van der Waals surface area contributed by atoms with Gasteiger partial charge in [-0.15, -0.1) is 0 Å². The van der Waals surface area contributed by atoms with Crippen molar-refractivity contribution in [2.24, 2.45) is 0 Å². The number of ether oxygens (including phenoxy) is 1. The molecule has 0 N–H and O–H groups in total. The van der Waals surface area contributed by atoms with E-state index >= 15 is 0 Å². The quantitative estimate of drug-likeness (QED) is 0.351. The summed E-state index contributed by atoms with van der Waals surface area (Å²) in [6, 6.07) is 25.8. The van der Waals surface area contributed by atoms with E-state index in [4.69, 9.17) is 4.74 Å². The normalized spacial score (nSPS) is 10.7. The van der Waals surface area contributed by atoms with Crippen molar-refractivity contribution in [1.82, 2.24) is 0 Å². The third-order valence-corrected chi connectivity index (χ3v) is 4.68. The fourth-order valence-electron chi connectivity index (χ4n) is 3.43. The molecule has 0 heterocycles. The number of carbonyl (C=O) groups is 1. The van der Waals surface area contributed by atoms with E-state index in [1.165, 1.54) is 5.39 Å². The minimum absolute atomic E-state index is 0.287. The van der Waals surface area contributed by atoms with Gasteiger partial charge in [-0.1, -0.05) is 48.5 Å². The molecule has 0 aromatic heterocycles. The van der Waals surface area contributed by atoms with Crippen molar-refractivity contribution in [1.29, 1.82) is 5.26 Å². The van der Waals surface area contributed by atoms with E-state index in [1.807, 2.05) is 30.3 Å². The first kappa shape index (κ1) is 16.8. The fraction of sp³-hybridized carbons (Fsp3) is 0.0833.